The summed E-state index contributed by atoms with van der Waals surface area (Å²) in [6.07, 6.45) is 1.31. The van der Waals surface area contributed by atoms with E-state index in [1.54, 1.807) is 0 Å². The number of hydrogen-bond donors (Lipinski definition) is 0. The molecule has 0 aliphatic heterocycles. The summed E-state index contributed by atoms with van der Waals surface area (Å²) in [5.74, 6) is 0.803. The molecule has 3 rings (SSSR count). The van der Waals surface area contributed by atoms with Gasteiger partial charge in [-0.1, -0.05) is 46.3 Å². The first-order valence-corrected chi connectivity index (χ1v) is 8.16. The molecule has 0 heterocycles. The monoisotopic (exact) mass is 376 g/mol. The van der Waals surface area contributed by atoms with Crippen molar-refractivity contribution in [3.05, 3.63) is 58.6 Å². The van der Waals surface area contributed by atoms with E-state index in [4.69, 9.17) is 14.2 Å². The van der Waals surface area contributed by atoms with Crippen LogP contribution in [-0.2, 0) is 16.1 Å². The first-order valence-electron chi connectivity index (χ1n) is 7.37. The Bertz CT molecular complexity index is 695. The number of carbonyl (C=O) groups excluding carboxylic acids is 1. The van der Waals surface area contributed by atoms with Gasteiger partial charge in [0.05, 0.1) is 7.11 Å². The van der Waals surface area contributed by atoms with Crippen molar-refractivity contribution in [1.82, 2.24) is 0 Å². The zero-order chi connectivity index (χ0) is 16.3. The van der Waals surface area contributed by atoms with Gasteiger partial charge in [0.1, 0.15) is 6.61 Å². The van der Waals surface area contributed by atoms with Crippen LogP contribution in [0.5, 0.6) is 11.5 Å². The Kier molecular flexibility index (Phi) is 4.57. The van der Waals surface area contributed by atoms with E-state index in [-0.39, 0.29) is 5.97 Å². The third-order valence-corrected chi connectivity index (χ3v) is 4.20. The molecule has 0 radical (unpaired) electrons. The van der Waals surface area contributed by atoms with E-state index < -0.39 is 5.60 Å². The number of ether oxygens (including phenoxy) is 3. The van der Waals surface area contributed by atoms with Gasteiger partial charge in [-0.3, -0.25) is 0 Å². The minimum absolute atomic E-state index is 0.341. The first kappa shape index (κ1) is 15.9. The predicted octanol–water partition coefficient (Wildman–Crippen LogP) is 4.11. The maximum absolute atomic E-state index is 11.9. The number of methoxy groups -OCH3 is 1. The van der Waals surface area contributed by atoms with Crippen LogP contribution in [0.15, 0.2) is 53.0 Å². The molecular formula is C18H17BrO4. The van der Waals surface area contributed by atoms with Gasteiger partial charge in [0.25, 0.3) is 0 Å². The SMILES string of the molecule is COC(=O)C1(Oc2cc(Br)ccc2OCc2ccccc2)CC1. The topological polar surface area (TPSA) is 44.8 Å². The van der Waals surface area contributed by atoms with Gasteiger partial charge >= 0.3 is 5.97 Å². The average Bonchev–Trinajstić information content (AvgIpc) is 3.35. The summed E-state index contributed by atoms with van der Waals surface area (Å²) >= 11 is 3.42. The van der Waals surface area contributed by atoms with Gasteiger partial charge in [0.2, 0.25) is 5.60 Å². The average molecular weight is 377 g/mol. The summed E-state index contributed by atoms with van der Waals surface area (Å²) in [7, 11) is 1.37. The number of benzene rings is 2. The smallest absolute Gasteiger partial charge is 0.350 e. The number of halogens is 1. The highest BCUT2D eigenvalue weighted by Gasteiger charge is 2.54. The normalized spacial score (nSPS) is 14.9. The zero-order valence-corrected chi connectivity index (χ0v) is 14.3. The molecule has 2 aromatic rings. The zero-order valence-electron chi connectivity index (χ0n) is 12.8. The molecule has 1 saturated carbocycles. The van der Waals surface area contributed by atoms with Crippen LogP contribution < -0.4 is 9.47 Å². The van der Waals surface area contributed by atoms with Crippen LogP contribution in [-0.4, -0.2) is 18.7 Å². The molecule has 1 aliphatic carbocycles. The summed E-state index contributed by atoms with van der Waals surface area (Å²) in [5.41, 5.74) is 0.205. The quantitative estimate of drug-likeness (QED) is 0.711. The Morgan fingerprint density at radius 3 is 2.52 bits per heavy atom. The molecule has 0 atom stereocenters. The van der Waals surface area contributed by atoms with Gasteiger partial charge in [-0.15, -0.1) is 0 Å². The fourth-order valence-electron chi connectivity index (χ4n) is 2.27. The summed E-state index contributed by atoms with van der Waals surface area (Å²) in [6.45, 7) is 0.435. The second-order valence-corrected chi connectivity index (χ2v) is 6.37. The second-order valence-electron chi connectivity index (χ2n) is 5.45. The molecule has 4 nitrogen and oxygen atoms in total. The van der Waals surface area contributed by atoms with Crippen LogP contribution in [0.3, 0.4) is 0 Å². The molecule has 1 aliphatic rings. The Morgan fingerprint density at radius 1 is 1.13 bits per heavy atom. The summed E-state index contributed by atoms with van der Waals surface area (Å²) in [4.78, 5) is 11.9. The lowest BCUT2D eigenvalue weighted by Crippen LogP contribution is -2.30. The van der Waals surface area contributed by atoms with Crippen LogP contribution in [0.4, 0.5) is 0 Å². The third kappa shape index (κ3) is 3.67. The van der Waals surface area contributed by atoms with Gasteiger partial charge in [-0.2, -0.15) is 0 Å². The van der Waals surface area contributed by atoms with Crippen LogP contribution in [0.25, 0.3) is 0 Å². The van der Waals surface area contributed by atoms with Gasteiger partial charge < -0.3 is 14.2 Å². The van der Waals surface area contributed by atoms with Crippen molar-refractivity contribution in [3.63, 3.8) is 0 Å². The van der Waals surface area contributed by atoms with Crippen molar-refractivity contribution in [3.8, 4) is 11.5 Å². The van der Waals surface area contributed by atoms with Crippen LogP contribution in [0.2, 0.25) is 0 Å². The lowest BCUT2D eigenvalue weighted by molar-refractivity contribution is -0.151. The standard InChI is InChI=1S/C18H17BrO4/c1-21-17(20)18(9-10-18)23-16-11-14(19)7-8-15(16)22-12-13-5-3-2-4-6-13/h2-8,11H,9-10,12H2,1H3. The van der Waals surface area contributed by atoms with Crippen molar-refractivity contribution in [2.45, 2.75) is 25.0 Å². The van der Waals surface area contributed by atoms with E-state index in [2.05, 4.69) is 15.9 Å². The molecule has 0 spiro atoms. The minimum Gasteiger partial charge on any atom is -0.485 e. The Balaban J connectivity index is 1.77. The fraction of sp³-hybridized carbons (Fsp3) is 0.278. The van der Waals surface area contributed by atoms with E-state index in [0.717, 1.165) is 10.0 Å². The minimum atomic E-state index is -0.861. The van der Waals surface area contributed by atoms with E-state index in [1.807, 2.05) is 48.5 Å². The van der Waals surface area contributed by atoms with Crippen molar-refractivity contribution in [1.29, 1.82) is 0 Å². The van der Waals surface area contributed by atoms with E-state index >= 15 is 0 Å². The molecule has 0 saturated heterocycles. The highest BCUT2D eigenvalue weighted by molar-refractivity contribution is 9.10. The molecule has 1 fully saturated rings. The molecule has 2 aromatic carbocycles. The molecule has 0 N–H and O–H groups in total. The van der Waals surface area contributed by atoms with Gasteiger partial charge in [-0.05, 0) is 23.8 Å². The van der Waals surface area contributed by atoms with Crippen molar-refractivity contribution in [2.75, 3.05) is 7.11 Å². The molecule has 23 heavy (non-hydrogen) atoms. The van der Waals surface area contributed by atoms with Gasteiger partial charge in [-0.25, -0.2) is 4.79 Å². The highest BCUT2D eigenvalue weighted by atomic mass is 79.9. The van der Waals surface area contributed by atoms with Crippen LogP contribution >= 0.6 is 15.9 Å². The van der Waals surface area contributed by atoms with Crippen molar-refractivity contribution < 1.29 is 19.0 Å². The van der Waals surface area contributed by atoms with Crippen LogP contribution in [0, 0.1) is 0 Å². The lowest BCUT2D eigenvalue weighted by atomic mass is 10.2. The molecule has 0 bridgehead atoms. The molecule has 0 unspecified atom stereocenters. The van der Waals surface area contributed by atoms with E-state index in [0.29, 0.717) is 30.9 Å². The summed E-state index contributed by atoms with van der Waals surface area (Å²) in [5, 5.41) is 0. The third-order valence-electron chi connectivity index (χ3n) is 3.71. The van der Waals surface area contributed by atoms with Crippen LogP contribution in [0.1, 0.15) is 18.4 Å². The molecule has 0 aromatic heterocycles. The van der Waals surface area contributed by atoms with Crippen molar-refractivity contribution >= 4 is 21.9 Å². The first-order chi connectivity index (χ1) is 11.1. The Morgan fingerprint density at radius 2 is 1.87 bits per heavy atom. The number of hydrogen-bond acceptors (Lipinski definition) is 4. The van der Waals surface area contributed by atoms with Crippen molar-refractivity contribution in [2.24, 2.45) is 0 Å². The number of carbonyl (C=O) groups is 1. The fourth-order valence-corrected chi connectivity index (χ4v) is 2.61. The summed E-state index contributed by atoms with van der Waals surface area (Å²) in [6, 6.07) is 15.4. The van der Waals surface area contributed by atoms with E-state index in [1.165, 1.54) is 7.11 Å². The number of rotatable bonds is 6. The lowest BCUT2D eigenvalue weighted by Gasteiger charge is -2.18. The maximum Gasteiger partial charge on any atom is 0.350 e. The van der Waals surface area contributed by atoms with E-state index in [9.17, 15) is 4.79 Å². The Labute approximate surface area is 143 Å². The maximum atomic E-state index is 11.9. The van der Waals surface area contributed by atoms with Gasteiger partial charge in [0.15, 0.2) is 11.5 Å². The second kappa shape index (κ2) is 6.62. The molecular weight excluding hydrogens is 360 g/mol. The predicted molar refractivity (Wildman–Crippen MR) is 89.5 cm³/mol. The molecule has 5 heteroatoms. The largest absolute Gasteiger partial charge is 0.485 e. The summed E-state index contributed by atoms with van der Waals surface area (Å²) < 4.78 is 17.5. The Hall–Kier alpha value is -2.01. The number of esters is 1. The molecule has 120 valence electrons. The molecule has 0 amide bonds. The highest BCUT2D eigenvalue weighted by Crippen LogP contribution is 2.44. The van der Waals surface area contributed by atoms with Gasteiger partial charge in [0, 0.05) is 17.3 Å².